The minimum absolute atomic E-state index is 0.0498. The maximum absolute atomic E-state index is 12.3. The van der Waals surface area contributed by atoms with Crippen molar-refractivity contribution in [2.24, 2.45) is 0 Å². The van der Waals surface area contributed by atoms with E-state index in [1.54, 1.807) is 0 Å². The molecule has 0 bridgehead atoms. The molecule has 1 saturated heterocycles. The summed E-state index contributed by atoms with van der Waals surface area (Å²) in [6.45, 7) is 2.49. The number of pyridine rings is 1. The Hall–Kier alpha value is -1.46. The number of hydrogen-bond donors (Lipinski definition) is 2. The maximum Gasteiger partial charge on any atom is 0.242 e. The van der Waals surface area contributed by atoms with E-state index >= 15 is 0 Å². The molecule has 21 heavy (non-hydrogen) atoms. The second kappa shape index (κ2) is 6.54. The Labute approximate surface area is 124 Å². The summed E-state index contributed by atoms with van der Waals surface area (Å²) in [4.78, 5) is 3.92. The molecule has 0 radical (unpaired) electrons. The van der Waals surface area contributed by atoms with E-state index in [0.717, 1.165) is 12.8 Å². The minimum atomic E-state index is -3.66. The standard InChI is InChI=1S/C14H18N2O4S/c1-14(5-3-7-20-14)11-16-21(18,19)13-8-12(4-2-6-17)9-15-10-13/h8-10,16-17H,3,5-7,11H2,1H3. The van der Waals surface area contributed by atoms with Gasteiger partial charge in [-0.25, -0.2) is 13.1 Å². The molecular formula is C14H18N2O4S. The van der Waals surface area contributed by atoms with Crippen molar-refractivity contribution < 1.29 is 18.3 Å². The molecule has 2 N–H and O–H groups in total. The van der Waals surface area contributed by atoms with Gasteiger partial charge in [-0.05, 0) is 25.8 Å². The molecule has 114 valence electrons. The molecule has 0 amide bonds. The van der Waals surface area contributed by atoms with Crippen LogP contribution < -0.4 is 4.72 Å². The lowest BCUT2D eigenvalue weighted by atomic mass is 10.0. The van der Waals surface area contributed by atoms with E-state index in [4.69, 9.17) is 9.84 Å². The fourth-order valence-electron chi connectivity index (χ4n) is 2.08. The average Bonchev–Trinajstić information content (AvgIpc) is 2.91. The smallest absolute Gasteiger partial charge is 0.242 e. The molecule has 1 atom stereocenters. The van der Waals surface area contributed by atoms with Gasteiger partial charge in [-0.2, -0.15) is 0 Å². The molecule has 1 aromatic heterocycles. The SMILES string of the molecule is CC1(CNS(=O)(=O)c2cncc(C#CCO)c2)CCCO1. The van der Waals surface area contributed by atoms with Crippen molar-refractivity contribution in [3.8, 4) is 11.8 Å². The van der Waals surface area contributed by atoms with E-state index in [9.17, 15) is 8.42 Å². The number of aromatic nitrogens is 1. The number of sulfonamides is 1. The molecule has 1 unspecified atom stereocenters. The third kappa shape index (κ3) is 4.25. The molecular weight excluding hydrogens is 292 g/mol. The van der Waals surface area contributed by atoms with Crippen molar-refractivity contribution in [2.75, 3.05) is 19.8 Å². The summed E-state index contributed by atoms with van der Waals surface area (Å²) in [6.07, 6.45) is 4.48. The Bertz CT molecular complexity index is 655. The third-order valence-electron chi connectivity index (χ3n) is 3.27. The zero-order chi connectivity index (χ0) is 15.3. The molecule has 0 spiro atoms. The number of aliphatic hydroxyl groups is 1. The van der Waals surface area contributed by atoms with E-state index in [1.807, 2.05) is 6.92 Å². The predicted molar refractivity (Wildman–Crippen MR) is 77.0 cm³/mol. The van der Waals surface area contributed by atoms with Crippen LogP contribution in [0.15, 0.2) is 23.4 Å². The van der Waals surface area contributed by atoms with E-state index in [1.165, 1.54) is 18.5 Å². The Morgan fingerprint density at radius 3 is 3.00 bits per heavy atom. The quantitative estimate of drug-likeness (QED) is 0.780. The molecule has 6 nitrogen and oxygen atoms in total. The van der Waals surface area contributed by atoms with Crippen LogP contribution >= 0.6 is 0 Å². The van der Waals surface area contributed by atoms with Crippen molar-refractivity contribution >= 4 is 10.0 Å². The molecule has 1 aliphatic rings. The van der Waals surface area contributed by atoms with E-state index in [-0.39, 0.29) is 18.0 Å². The lowest BCUT2D eigenvalue weighted by Crippen LogP contribution is -2.40. The fourth-order valence-corrected chi connectivity index (χ4v) is 3.23. The monoisotopic (exact) mass is 310 g/mol. The van der Waals surface area contributed by atoms with Gasteiger partial charge in [0.05, 0.1) is 5.60 Å². The molecule has 1 aromatic rings. The Balaban J connectivity index is 2.12. The largest absolute Gasteiger partial charge is 0.384 e. The molecule has 0 aliphatic carbocycles. The first kappa shape index (κ1) is 15.9. The third-order valence-corrected chi connectivity index (χ3v) is 4.64. The zero-order valence-corrected chi connectivity index (χ0v) is 12.6. The van der Waals surface area contributed by atoms with Gasteiger partial charge < -0.3 is 9.84 Å². The highest BCUT2D eigenvalue weighted by molar-refractivity contribution is 7.89. The number of rotatable bonds is 4. The van der Waals surface area contributed by atoms with E-state index in [0.29, 0.717) is 12.2 Å². The van der Waals surface area contributed by atoms with Gasteiger partial charge in [-0.3, -0.25) is 4.98 Å². The van der Waals surface area contributed by atoms with Gasteiger partial charge in [0.2, 0.25) is 10.0 Å². The van der Waals surface area contributed by atoms with Crippen molar-refractivity contribution in [1.82, 2.24) is 9.71 Å². The Kier molecular flexibility index (Phi) is 4.96. The first-order valence-corrected chi connectivity index (χ1v) is 8.12. The highest BCUT2D eigenvalue weighted by Gasteiger charge is 2.31. The van der Waals surface area contributed by atoms with Gasteiger partial charge in [0.1, 0.15) is 11.5 Å². The number of hydrogen-bond acceptors (Lipinski definition) is 5. The van der Waals surface area contributed by atoms with E-state index < -0.39 is 15.6 Å². The van der Waals surface area contributed by atoms with Crippen LogP contribution in [-0.4, -0.2) is 43.9 Å². The van der Waals surface area contributed by atoms with Gasteiger partial charge in [0.15, 0.2) is 0 Å². The van der Waals surface area contributed by atoms with Gasteiger partial charge in [-0.15, -0.1) is 0 Å². The van der Waals surface area contributed by atoms with Gasteiger partial charge in [-0.1, -0.05) is 11.8 Å². The Morgan fingerprint density at radius 1 is 1.52 bits per heavy atom. The minimum Gasteiger partial charge on any atom is -0.384 e. The van der Waals surface area contributed by atoms with Crippen molar-refractivity contribution in [3.05, 3.63) is 24.0 Å². The van der Waals surface area contributed by atoms with Crippen LogP contribution in [0.1, 0.15) is 25.3 Å². The lowest BCUT2D eigenvalue weighted by molar-refractivity contribution is 0.0250. The number of ether oxygens (including phenoxy) is 1. The van der Waals surface area contributed by atoms with Crippen LogP contribution in [0.3, 0.4) is 0 Å². The highest BCUT2D eigenvalue weighted by atomic mass is 32.2. The number of nitrogens with zero attached hydrogens (tertiary/aromatic N) is 1. The summed E-state index contributed by atoms with van der Waals surface area (Å²) in [6, 6.07) is 1.43. The normalized spacial score (nSPS) is 21.8. The molecule has 0 aromatic carbocycles. The van der Waals surface area contributed by atoms with Crippen LogP contribution in [0, 0.1) is 11.8 Å². The molecule has 0 saturated carbocycles. The predicted octanol–water partition coefficient (Wildman–Crippen LogP) is 0.273. The molecule has 1 fully saturated rings. The van der Waals surface area contributed by atoms with Gasteiger partial charge in [0.25, 0.3) is 0 Å². The summed E-state index contributed by atoms with van der Waals surface area (Å²) in [7, 11) is -3.66. The Morgan fingerprint density at radius 2 is 2.33 bits per heavy atom. The molecule has 2 rings (SSSR count). The summed E-state index contributed by atoms with van der Waals surface area (Å²) in [5, 5.41) is 8.65. The molecule has 7 heteroatoms. The maximum atomic E-state index is 12.3. The average molecular weight is 310 g/mol. The number of aliphatic hydroxyl groups excluding tert-OH is 1. The summed E-state index contributed by atoms with van der Waals surface area (Å²) < 4.78 is 32.6. The molecule has 1 aliphatic heterocycles. The zero-order valence-electron chi connectivity index (χ0n) is 11.8. The van der Waals surface area contributed by atoms with Crippen molar-refractivity contribution in [3.63, 3.8) is 0 Å². The highest BCUT2D eigenvalue weighted by Crippen LogP contribution is 2.24. The summed E-state index contributed by atoms with van der Waals surface area (Å²) >= 11 is 0. The second-order valence-electron chi connectivity index (χ2n) is 5.10. The van der Waals surface area contributed by atoms with E-state index in [2.05, 4.69) is 21.5 Å². The lowest BCUT2D eigenvalue weighted by Gasteiger charge is -2.23. The topological polar surface area (TPSA) is 88.5 Å². The fraction of sp³-hybridized carbons (Fsp3) is 0.500. The van der Waals surface area contributed by atoms with Gasteiger partial charge in [0, 0.05) is 31.1 Å². The van der Waals surface area contributed by atoms with Crippen LogP contribution in [0.25, 0.3) is 0 Å². The number of nitrogens with one attached hydrogen (secondary N) is 1. The van der Waals surface area contributed by atoms with Crippen LogP contribution in [-0.2, 0) is 14.8 Å². The van der Waals surface area contributed by atoms with Crippen molar-refractivity contribution in [1.29, 1.82) is 0 Å². The first-order valence-electron chi connectivity index (χ1n) is 6.64. The summed E-state index contributed by atoms with van der Waals surface area (Å²) in [5.74, 6) is 5.09. The molecule has 2 heterocycles. The van der Waals surface area contributed by atoms with Crippen LogP contribution in [0.2, 0.25) is 0 Å². The van der Waals surface area contributed by atoms with Crippen LogP contribution in [0.5, 0.6) is 0 Å². The summed E-state index contributed by atoms with van der Waals surface area (Å²) in [5.41, 5.74) is -0.00955. The second-order valence-corrected chi connectivity index (χ2v) is 6.86. The van der Waals surface area contributed by atoms with Gasteiger partial charge >= 0.3 is 0 Å². The van der Waals surface area contributed by atoms with Crippen LogP contribution in [0.4, 0.5) is 0 Å². The van der Waals surface area contributed by atoms with Crippen molar-refractivity contribution in [2.45, 2.75) is 30.3 Å². The first-order chi connectivity index (χ1) is 9.95.